The molecule has 0 radical (unpaired) electrons. The van der Waals surface area contributed by atoms with Gasteiger partial charge < -0.3 is 5.32 Å². The van der Waals surface area contributed by atoms with Gasteiger partial charge in [0.1, 0.15) is 0 Å². The maximum atomic E-state index is 12.2. The molecular formula is C16H16N2O3. The van der Waals surface area contributed by atoms with Gasteiger partial charge in [0, 0.05) is 17.7 Å². The van der Waals surface area contributed by atoms with Gasteiger partial charge in [-0.05, 0) is 24.1 Å². The van der Waals surface area contributed by atoms with Gasteiger partial charge in [-0.3, -0.25) is 14.9 Å². The smallest absolute Gasteiger partial charge is 0.269 e. The summed E-state index contributed by atoms with van der Waals surface area (Å²) in [6.07, 6.45) is 0.767. The van der Waals surface area contributed by atoms with E-state index in [2.05, 4.69) is 5.32 Å². The van der Waals surface area contributed by atoms with Crippen LogP contribution in [-0.4, -0.2) is 10.8 Å². The van der Waals surface area contributed by atoms with Crippen molar-refractivity contribution in [3.8, 4) is 0 Å². The highest BCUT2D eigenvalue weighted by atomic mass is 16.6. The van der Waals surface area contributed by atoms with Crippen molar-refractivity contribution in [1.29, 1.82) is 0 Å². The molecule has 0 aliphatic rings. The number of nitro groups is 1. The minimum atomic E-state index is -0.486. The molecule has 1 amide bonds. The largest absolute Gasteiger partial charge is 0.345 e. The number of hydrogen-bond acceptors (Lipinski definition) is 3. The predicted octanol–water partition coefficient (Wildman–Crippen LogP) is 3.48. The van der Waals surface area contributed by atoms with E-state index in [-0.39, 0.29) is 17.6 Å². The molecule has 2 aromatic rings. The summed E-state index contributed by atoms with van der Waals surface area (Å²) in [7, 11) is 0. The van der Waals surface area contributed by atoms with Crippen molar-refractivity contribution < 1.29 is 9.72 Å². The van der Waals surface area contributed by atoms with Crippen LogP contribution in [-0.2, 0) is 0 Å². The Labute approximate surface area is 122 Å². The molecule has 21 heavy (non-hydrogen) atoms. The molecule has 1 N–H and O–H groups in total. The number of rotatable bonds is 5. The summed E-state index contributed by atoms with van der Waals surface area (Å²) >= 11 is 0. The van der Waals surface area contributed by atoms with Crippen molar-refractivity contribution in [2.24, 2.45) is 0 Å². The highest BCUT2D eigenvalue weighted by molar-refractivity contribution is 5.94. The Morgan fingerprint density at radius 2 is 1.76 bits per heavy atom. The van der Waals surface area contributed by atoms with Gasteiger partial charge in [0.05, 0.1) is 11.0 Å². The summed E-state index contributed by atoms with van der Waals surface area (Å²) in [5.74, 6) is -0.236. The lowest BCUT2D eigenvalue weighted by Crippen LogP contribution is -2.28. The minimum absolute atomic E-state index is 0.0262. The summed E-state index contributed by atoms with van der Waals surface area (Å²) in [5, 5.41) is 13.5. The van der Waals surface area contributed by atoms with Gasteiger partial charge in [-0.15, -0.1) is 0 Å². The van der Waals surface area contributed by atoms with E-state index < -0.39 is 4.92 Å². The fourth-order valence-corrected chi connectivity index (χ4v) is 2.08. The molecule has 0 bridgehead atoms. The Bertz CT molecular complexity index is 624. The molecule has 2 aromatic carbocycles. The van der Waals surface area contributed by atoms with Crippen LogP contribution in [0, 0.1) is 10.1 Å². The van der Waals surface area contributed by atoms with Crippen molar-refractivity contribution >= 4 is 11.6 Å². The van der Waals surface area contributed by atoms with Crippen molar-refractivity contribution in [3.63, 3.8) is 0 Å². The molecule has 0 fully saturated rings. The van der Waals surface area contributed by atoms with Crippen LogP contribution >= 0.6 is 0 Å². The molecule has 1 atom stereocenters. The van der Waals surface area contributed by atoms with Gasteiger partial charge in [0.2, 0.25) is 0 Å². The molecule has 0 aromatic heterocycles. The number of hydrogen-bond donors (Lipinski definition) is 1. The highest BCUT2D eigenvalue weighted by Crippen LogP contribution is 2.17. The van der Waals surface area contributed by atoms with E-state index in [1.54, 1.807) is 0 Å². The molecule has 0 aliphatic carbocycles. The van der Waals surface area contributed by atoms with E-state index in [0.29, 0.717) is 5.56 Å². The van der Waals surface area contributed by atoms with Crippen LogP contribution in [0.1, 0.15) is 35.3 Å². The fraction of sp³-hybridized carbons (Fsp3) is 0.188. The first-order valence-corrected chi connectivity index (χ1v) is 6.72. The van der Waals surface area contributed by atoms with Crippen LogP contribution in [0.25, 0.3) is 0 Å². The molecule has 2 rings (SSSR count). The van der Waals surface area contributed by atoms with E-state index in [4.69, 9.17) is 0 Å². The molecule has 0 saturated carbocycles. The van der Waals surface area contributed by atoms with Crippen LogP contribution in [0.5, 0.6) is 0 Å². The first-order valence-electron chi connectivity index (χ1n) is 6.72. The van der Waals surface area contributed by atoms with Crippen LogP contribution in [0.15, 0.2) is 54.6 Å². The lowest BCUT2D eigenvalue weighted by atomic mass is 10.0. The summed E-state index contributed by atoms with van der Waals surface area (Å²) in [6.45, 7) is 1.99. The summed E-state index contributed by atoms with van der Waals surface area (Å²) in [4.78, 5) is 22.3. The van der Waals surface area contributed by atoms with Gasteiger partial charge in [0.25, 0.3) is 11.6 Å². The van der Waals surface area contributed by atoms with E-state index in [1.807, 2.05) is 37.3 Å². The first-order chi connectivity index (χ1) is 10.1. The quantitative estimate of drug-likeness (QED) is 0.675. The van der Waals surface area contributed by atoms with Crippen molar-refractivity contribution in [2.75, 3.05) is 0 Å². The van der Waals surface area contributed by atoms with Gasteiger partial charge >= 0.3 is 0 Å². The van der Waals surface area contributed by atoms with E-state index in [1.165, 1.54) is 24.3 Å². The minimum Gasteiger partial charge on any atom is -0.345 e. The molecule has 5 heteroatoms. The Balaban J connectivity index is 2.11. The third-order valence-corrected chi connectivity index (χ3v) is 3.26. The van der Waals surface area contributed by atoms with Gasteiger partial charge in [0.15, 0.2) is 0 Å². The molecular weight excluding hydrogens is 268 g/mol. The Hall–Kier alpha value is -2.69. The van der Waals surface area contributed by atoms with Crippen molar-refractivity contribution in [2.45, 2.75) is 19.4 Å². The molecule has 0 spiro atoms. The summed E-state index contributed by atoms with van der Waals surface area (Å²) in [5.41, 5.74) is 1.42. The van der Waals surface area contributed by atoms with Crippen LogP contribution in [0.3, 0.4) is 0 Å². The zero-order chi connectivity index (χ0) is 15.2. The maximum Gasteiger partial charge on any atom is 0.269 e. The molecule has 0 aliphatic heterocycles. The third-order valence-electron chi connectivity index (χ3n) is 3.26. The Morgan fingerprint density at radius 1 is 1.14 bits per heavy atom. The normalized spacial score (nSPS) is 11.7. The number of non-ortho nitro benzene ring substituents is 1. The van der Waals surface area contributed by atoms with Crippen molar-refractivity contribution in [1.82, 2.24) is 5.32 Å². The van der Waals surface area contributed by atoms with Gasteiger partial charge in [-0.1, -0.05) is 37.3 Å². The van der Waals surface area contributed by atoms with Crippen LogP contribution < -0.4 is 5.32 Å². The number of carbonyl (C=O) groups is 1. The highest BCUT2D eigenvalue weighted by Gasteiger charge is 2.14. The molecule has 0 unspecified atom stereocenters. The number of benzene rings is 2. The number of nitrogens with zero attached hydrogens (tertiary/aromatic N) is 1. The van der Waals surface area contributed by atoms with Crippen molar-refractivity contribution in [3.05, 3.63) is 75.8 Å². The fourth-order valence-electron chi connectivity index (χ4n) is 2.08. The predicted molar refractivity (Wildman–Crippen MR) is 80.0 cm³/mol. The monoisotopic (exact) mass is 284 g/mol. The standard InChI is InChI=1S/C16H16N2O3/c1-2-15(12-6-4-3-5-7-12)17-16(19)13-8-10-14(11-9-13)18(20)21/h3-11,15H,2H2,1H3,(H,17,19)/t15-/m1/s1. The van der Waals surface area contributed by atoms with Gasteiger partial charge in [-0.25, -0.2) is 0 Å². The molecule has 5 nitrogen and oxygen atoms in total. The number of amides is 1. The first kappa shape index (κ1) is 14.7. The summed E-state index contributed by atoms with van der Waals surface area (Å²) < 4.78 is 0. The second-order valence-corrected chi connectivity index (χ2v) is 4.65. The number of nitro benzene ring substituents is 1. The average molecular weight is 284 g/mol. The second kappa shape index (κ2) is 6.65. The average Bonchev–Trinajstić information content (AvgIpc) is 2.53. The summed E-state index contributed by atoms with van der Waals surface area (Å²) in [6, 6.07) is 15.2. The lowest BCUT2D eigenvalue weighted by Gasteiger charge is -2.17. The second-order valence-electron chi connectivity index (χ2n) is 4.65. The topological polar surface area (TPSA) is 72.2 Å². The number of nitrogens with one attached hydrogen (secondary N) is 1. The third kappa shape index (κ3) is 3.66. The van der Waals surface area contributed by atoms with Gasteiger partial charge in [-0.2, -0.15) is 0 Å². The Morgan fingerprint density at radius 3 is 2.29 bits per heavy atom. The molecule has 0 saturated heterocycles. The molecule has 0 heterocycles. The zero-order valence-corrected chi connectivity index (χ0v) is 11.7. The Kier molecular flexibility index (Phi) is 4.66. The van der Waals surface area contributed by atoms with Crippen LogP contribution in [0.2, 0.25) is 0 Å². The molecule has 108 valence electrons. The van der Waals surface area contributed by atoms with Crippen LogP contribution in [0.4, 0.5) is 5.69 Å². The van der Waals surface area contributed by atoms with E-state index in [9.17, 15) is 14.9 Å². The van der Waals surface area contributed by atoms with E-state index >= 15 is 0 Å². The SMILES string of the molecule is CC[C@@H](NC(=O)c1ccc([N+](=O)[O-])cc1)c1ccccc1. The zero-order valence-electron chi connectivity index (χ0n) is 11.7. The van der Waals surface area contributed by atoms with E-state index in [0.717, 1.165) is 12.0 Å². The lowest BCUT2D eigenvalue weighted by molar-refractivity contribution is -0.384. The number of carbonyl (C=O) groups excluding carboxylic acids is 1. The maximum absolute atomic E-state index is 12.2.